The van der Waals surface area contributed by atoms with Gasteiger partial charge in [-0.1, -0.05) is 0 Å². The molecule has 1 saturated heterocycles. The molecule has 0 aromatic rings. The Labute approximate surface area is 61.9 Å². The minimum Gasteiger partial charge on any atom is -0.313 e. The summed E-state index contributed by atoms with van der Waals surface area (Å²) in [4.78, 5) is 4.19. The fraction of sp³-hybridized carbons (Fsp3) is 1.00. The van der Waals surface area contributed by atoms with Gasteiger partial charge in [-0.2, -0.15) is 18.7 Å². The van der Waals surface area contributed by atoms with E-state index >= 15 is 0 Å². The Balaban J connectivity index is 1.95. The zero-order chi connectivity index (χ0) is 8.32. The molecule has 0 amide bonds. The average Bonchev–Trinajstić information content (AvgIpc) is 1.73. The molecular formula is C5H9F3N2O. The largest absolute Gasteiger partial charge is 0.413 e. The molecule has 3 nitrogen and oxygen atoms in total. The van der Waals surface area contributed by atoms with Crippen molar-refractivity contribution in [3.63, 3.8) is 0 Å². The van der Waals surface area contributed by atoms with E-state index in [1.165, 1.54) is 0 Å². The quantitative estimate of drug-likeness (QED) is 0.587. The van der Waals surface area contributed by atoms with E-state index < -0.39 is 12.8 Å². The maximum atomic E-state index is 11.4. The highest BCUT2D eigenvalue weighted by atomic mass is 19.4. The van der Waals surface area contributed by atoms with Crippen molar-refractivity contribution in [2.75, 3.05) is 19.7 Å². The summed E-state index contributed by atoms with van der Waals surface area (Å²) in [6, 6.07) is 0.0253. The lowest BCUT2D eigenvalue weighted by atomic mass is 10.2. The van der Waals surface area contributed by atoms with Crippen molar-refractivity contribution in [2.24, 2.45) is 0 Å². The molecule has 0 aromatic carbocycles. The van der Waals surface area contributed by atoms with Gasteiger partial charge in [0.2, 0.25) is 0 Å². The first-order valence-electron chi connectivity index (χ1n) is 3.23. The second-order valence-electron chi connectivity index (χ2n) is 2.38. The number of halogens is 3. The lowest BCUT2D eigenvalue weighted by Gasteiger charge is -2.27. The third-order valence-electron chi connectivity index (χ3n) is 1.27. The van der Waals surface area contributed by atoms with Crippen LogP contribution in [0.15, 0.2) is 0 Å². The van der Waals surface area contributed by atoms with E-state index in [2.05, 4.69) is 15.6 Å². The first-order valence-corrected chi connectivity index (χ1v) is 3.23. The van der Waals surface area contributed by atoms with Crippen LogP contribution in [0, 0.1) is 0 Å². The van der Waals surface area contributed by atoms with Crippen molar-refractivity contribution < 1.29 is 18.0 Å². The number of hydrogen-bond acceptors (Lipinski definition) is 3. The molecule has 0 aromatic heterocycles. The Morgan fingerprint density at radius 1 is 1.45 bits per heavy atom. The average molecular weight is 170 g/mol. The Hall–Kier alpha value is -0.330. The smallest absolute Gasteiger partial charge is 0.313 e. The summed E-state index contributed by atoms with van der Waals surface area (Å²) in [5.74, 6) is 0. The Morgan fingerprint density at radius 3 is 2.45 bits per heavy atom. The first kappa shape index (κ1) is 8.76. The molecule has 0 spiro atoms. The van der Waals surface area contributed by atoms with E-state index in [9.17, 15) is 13.2 Å². The van der Waals surface area contributed by atoms with E-state index in [0.717, 1.165) is 0 Å². The molecule has 0 atom stereocenters. The molecule has 66 valence electrons. The van der Waals surface area contributed by atoms with Gasteiger partial charge < -0.3 is 5.32 Å². The molecule has 1 fully saturated rings. The Bertz CT molecular complexity index is 123. The molecule has 1 aliphatic rings. The van der Waals surface area contributed by atoms with Crippen LogP contribution in [0.2, 0.25) is 0 Å². The van der Waals surface area contributed by atoms with Gasteiger partial charge in [-0.3, -0.25) is 4.84 Å². The van der Waals surface area contributed by atoms with Gasteiger partial charge in [0.15, 0.2) is 6.61 Å². The molecule has 1 heterocycles. The number of hydrogen-bond donors (Lipinski definition) is 2. The van der Waals surface area contributed by atoms with Gasteiger partial charge in [-0.25, -0.2) is 0 Å². The fourth-order valence-electron chi connectivity index (χ4n) is 0.613. The molecule has 0 radical (unpaired) electrons. The molecule has 6 heteroatoms. The van der Waals surface area contributed by atoms with E-state index in [4.69, 9.17) is 0 Å². The van der Waals surface area contributed by atoms with E-state index in [-0.39, 0.29) is 6.04 Å². The molecule has 1 rings (SSSR count). The van der Waals surface area contributed by atoms with Crippen molar-refractivity contribution in [1.29, 1.82) is 0 Å². The lowest BCUT2D eigenvalue weighted by Crippen LogP contribution is -2.55. The van der Waals surface area contributed by atoms with Crippen LogP contribution in [-0.2, 0) is 4.84 Å². The molecule has 0 aliphatic carbocycles. The monoisotopic (exact) mass is 170 g/mol. The molecule has 11 heavy (non-hydrogen) atoms. The summed E-state index contributed by atoms with van der Waals surface area (Å²) in [6.07, 6.45) is -4.25. The zero-order valence-electron chi connectivity index (χ0n) is 5.74. The van der Waals surface area contributed by atoms with Crippen LogP contribution in [0.25, 0.3) is 0 Å². The molecular weight excluding hydrogens is 161 g/mol. The minimum atomic E-state index is -4.25. The highest BCUT2D eigenvalue weighted by Crippen LogP contribution is 2.13. The summed E-state index contributed by atoms with van der Waals surface area (Å²) in [5.41, 5.74) is 2.29. The van der Waals surface area contributed by atoms with Gasteiger partial charge in [0.1, 0.15) is 0 Å². The third kappa shape index (κ3) is 3.54. The molecule has 1 aliphatic heterocycles. The van der Waals surface area contributed by atoms with Gasteiger partial charge in [-0.05, 0) is 0 Å². The number of alkyl halides is 3. The van der Waals surface area contributed by atoms with Crippen molar-refractivity contribution >= 4 is 0 Å². The summed E-state index contributed by atoms with van der Waals surface area (Å²) < 4.78 is 34.3. The SMILES string of the molecule is FC(F)(F)CONC1CNC1. The predicted octanol–water partition coefficient (Wildman–Crippen LogP) is 0.0417. The van der Waals surface area contributed by atoms with Crippen LogP contribution >= 0.6 is 0 Å². The summed E-state index contributed by atoms with van der Waals surface area (Å²) in [5, 5.41) is 2.89. The van der Waals surface area contributed by atoms with Crippen molar-refractivity contribution in [3.8, 4) is 0 Å². The molecule has 0 bridgehead atoms. The van der Waals surface area contributed by atoms with Crippen molar-refractivity contribution in [2.45, 2.75) is 12.2 Å². The predicted molar refractivity (Wildman–Crippen MR) is 31.8 cm³/mol. The van der Waals surface area contributed by atoms with Crippen molar-refractivity contribution in [1.82, 2.24) is 10.8 Å². The maximum absolute atomic E-state index is 11.4. The second kappa shape index (κ2) is 3.38. The van der Waals surface area contributed by atoms with E-state index in [0.29, 0.717) is 13.1 Å². The van der Waals surface area contributed by atoms with Crippen LogP contribution < -0.4 is 10.8 Å². The highest BCUT2D eigenvalue weighted by molar-refractivity contribution is 4.78. The van der Waals surface area contributed by atoms with Crippen LogP contribution in [0.1, 0.15) is 0 Å². The van der Waals surface area contributed by atoms with Crippen LogP contribution in [0.4, 0.5) is 13.2 Å². The summed E-state index contributed by atoms with van der Waals surface area (Å²) >= 11 is 0. The number of nitrogens with one attached hydrogen (secondary N) is 2. The van der Waals surface area contributed by atoms with Crippen molar-refractivity contribution in [3.05, 3.63) is 0 Å². The lowest BCUT2D eigenvalue weighted by molar-refractivity contribution is -0.194. The van der Waals surface area contributed by atoms with Crippen LogP contribution in [0.3, 0.4) is 0 Å². The van der Waals surface area contributed by atoms with E-state index in [1.807, 2.05) is 0 Å². The summed E-state index contributed by atoms with van der Waals surface area (Å²) in [6.45, 7) is 0.0964. The summed E-state index contributed by atoms with van der Waals surface area (Å²) in [7, 11) is 0. The fourth-order valence-corrected chi connectivity index (χ4v) is 0.613. The van der Waals surface area contributed by atoms with E-state index in [1.54, 1.807) is 0 Å². The Kier molecular flexibility index (Phi) is 2.69. The second-order valence-corrected chi connectivity index (χ2v) is 2.38. The highest BCUT2D eigenvalue weighted by Gasteiger charge is 2.28. The number of hydroxylamine groups is 1. The standard InChI is InChI=1S/C5H9F3N2O/c6-5(7,8)3-11-10-4-1-9-2-4/h4,9-10H,1-3H2. The zero-order valence-corrected chi connectivity index (χ0v) is 5.74. The molecule has 0 saturated carbocycles. The van der Waals surface area contributed by atoms with Gasteiger partial charge in [0, 0.05) is 13.1 Å². The molecule has 0 unspecified atom stereocenters. The first-order chi connectivity index (χ1) is 5.08. The van der Waals surface area contributed by atoms with Gasteiger partial charge >= 0.3 is 6.18 Å². The molecule has 2 N–H and O–H groups in total. The van der Waals surface area contributed by atoms with Gasteiger partial charge in [0.25, 0.3) is 0 Å². The van der Waals surface area contributed by atoms with Gasteiger partial charge in [0.05, 0.1) is 6.04 Å². The van der Waals surface area contributed by atoms with Crippen LogP contribution in [-0.4, -0.2) is 31.9 Å². The topological polar surface area (TPSA) is 33.3 Å². The third-order valence-corrected chi connectivity index (χ3v) is 1.27. The normalized spacial score (nSPS) is 19.9. The Morgan fingerprint density at radius 2 is 2.09 bits per heavy atom. The maximum Gasteiger partial charge on any atom is 0.413 e. The number of rotatable bonds is 3. The minimum absolute atomic E-state index is 0.0253. The van der Waals surface area contributed by atoms with Crippen LogP contribution in [0.5, 0.6) is 0 Å². The van der Waals surface area contributed by atoms with Gasteiger partial charge in [-0.15, -0.1) is 0 Å².